The van der Waals surface area contributed by atoms with Gasteiger partial charge in [-0.15, -0.1) is 17.7 Å². The molecule has 0 spiro atoms. The Balaban J connectivity index is 0.00000210. The molecule has 0 aliphatic rings. The molecule has 0 N–H and O–H groups in total. The number of hydrogen-bond donors (Lipinski definition) is 0. The molecule has 1 heterocycles. The van der Waals surface area contributed by atoms with E-state index in [1.165, 1.54) is 5.56 Å². The molecule has 0 atom stereocenters. The fraction of sp³-hybridized carbons (Fsp3) is 0.0800. The first kappa shape index (κ1) is 29.0. The van der Waals surface area contributed by atoms with Crippen LogP contribution in [0.3, 0.4) is 0 Å². The Kier molecular flexibility index (Phi) is 13.0. The van der Waals surface area contributed by atoms with Crippen LogP contribution < -0.4 is 4.57 Å². The van der Waals surface area contributed by atoms with Crippen LogP contribution in [0, 0.1) is 38.6 Å². The van der Waals surface area contributed by atoms with E-state index in [-0.39, 0.29) is 81.3 Å². The van der Waals surface area contributed by atoms with E-state index in [1.807, 2.05) is 66.6 Å². The minimum Gasteiger partial charge on any atom is -0.358 e. The molecule has 1 aromatic heterocycles. The summed E-state index contributed by atoms with van der Waals surface area (Å²) in [4.78, 5) is 4.16. The largest absolute Gasteiger partial charge is 3.00 e. The predicted octanol–water partition coefficient (Wildman–Crippen LogP) is 4.48. The summed E-state index contributed by atoms with van der Waals surface area (Å²) in [7, 11) is 2.00. The molecule has 3 aromatic carbocycles. The van der Waals surface area contributed by atoms with Gasteiger partial charge in [0.1, 0.15) is 6.20 Å². The average Bonchev–Trinajstić information content (AvgIpc) is 2.70. The molecule has 140 valence electrons. The number of hydrogen-bond acceptors (Lipinski definition) is 1. The molecule has 4 radical (unpaired) electrons. The van der Waals surface area contributed by atoms with Crippen molar-refractivity contribution in [3.8, 4) is 33.5 Å². The molecular formula is C25H20BN2Y2-. The van der Waals surface area contributed by atoms with Crippen LogP contribution in [0.4, 0.5) is 0 Å². The van der Waals surface area contributed by atoms with Crippen LogP contribution in [-0.4, -0.2) is 13.4 Å². The van der Waals surface area contributed by atoms with Gasteiger partial charge in [-0.25, -0.2) is 24.3 Å². The van der Waals surface area contributed by atoms with E-state index in [4.69, 9.17) is 0 Å². The van der Waals surface area contributed by atoms with Gasteiger partial charge in [0.2, 0.25) is 0 Å². The molecule has 0 amide bonds. The minimum absolute atomic E-state index is 0. The smallest absolute Gasteiger partial charge is 0.358 e. The summed E-state index contributed by atoms with van der Waals surface area (Å²) in [6.45, 7) is 2.10. The van der Waals surface area contributed by atoms with E-state index in [1.54, 1.807) is 0 Å². The van der Waals surface area contributed by atoms with Gasteiger partial charge in [-0.2, -0.15) is 24.3 Å². The van der Waals surface area contributed by atoms with Gasteiger partial charge in [0.25, 0.3) is 6.33 Å². The Morgan fingerprint density at radius 3 is 2.33 bits per heavy atom. The van der Waals surface area contributed by atoms with Crippen molar-refractivity contribution < 1.29 is 70.0 Å². The van der Waals surface area contributed by atoms with Gasteiger partial charge in [-0.3, -0.25) is 27.3 Å². The number of rotatable bonds is 3. The predicted molar refractivity (Wildman–Crippen MR) is 114 cm³/mol. The molecule has 0 fully saturated rings. The number of benzene rings is 3. The van der Waals surface area contributed by atoms with Crippen molar-refractivity contribution in [3.05, 3.63) is 104 Å². The van der Waals surface area contributed by atoms with Gasteiger partial charge in [0.15, 0.2) is 0 Å². The second kappa shape index (κ2) is 13.4. The normalized spacial score (nSPS) is 9.27. The van der Waals surface area contributed by atoms with E-state index in [9.17, 15) is 0 Å². The summed E-state index contributed by atoms with van der Waals surface area (Å²) in [6, 6.07) is 31.6. The Hall–Kier alpha value is -0.987. The van der Waals surface area contributed by atoms with Crippen molar-refractivity contribution in [2.75, 3.05) is 0 Å². The number of aryl methyl sites for hydroxylation is 2. The molecule has 0 aliphatic carbocycles. The molecule has 2 nitrogen and oxygen atoms in total. The van der Waals surface area contributed by atoms with Gasteiger partial charge >= 0.3 is 32.7 Å². The van der Waals surface area contributed by atoms with E-state index < -0.39 is 0 Å². The average molecular weight is 537 g/mol. The standard InChI is InChI=1S/C24H17N2.CH3.B.2Y/c1-18-11-12-22(16-23(18)24-13-14-25-17-26(24)2)21-10-6-9-20(15-21)19-7-4-3-5-8-19;;;;/h3-7,10-14,17H,1-2H3;1H3;;;/q-3;-1;;;+3. The topological polar surface area (TPSA) is 16.8 Å². The third kappa shape index (κ3) is 6.50. The molecular weight excluding hydrogens is 517 g/mol. The van der Waals surface area contributed by atoms with Gasteiger partial charge in [-0.1, -0.05) is 17.5 Å². The summed E-state index contributed by atoms with van der Waals surface area (Å²) in [5.74, 6) is 0. The molecule has 4 aromatic rings. The zero-order chi connectivity index (χ0) is 17.9. The van der Waals surface area contributed by atoms with Crippen molar-refractivity contribution in [1.82, 2.24) is 4.98 Å². The third-order valence-corrected chi connectivity index (χ3v) is 4.35. The van der Waals surface area contributed by atoms with Crippen LogP contribution in [0.2, 0.25) is 0 Å². The van der Waals surface area contributed by atoms with Crippen LogP contribution in [0.25, 0.3) is 33.5 Å². The monoisotopic (exact) mass is 537 g/mol. The first-order valence-electron chi connectivity index (χ1n) is 8.47. The summed E-state index contributed by atoms with van der Waals surface area (Å²) in [6.07, 6.45) is 3.62. The van der Waals surface area contributed by atoms with E-state index in [2.05, 4.69) is 48.3 Å². The van der Waals surface area contributed by atoms with Crippen molar-refractivity contribution in [1.29, 1.82) is 0 Å². The molecule has 5 heteroatoms. The zero-order valence-corrected chi connectivity index (χ0v) is 23.2. The molecule has 4 rings (SSSR count). The van der Waals surface area contributed by atoms with E-state index in [0.717, 1.165) is 33.5 Å². The van der Waals surface area contributed by atoms with Crippen LogP contribution >= 0.6 is 0 Å². The zero-order valence-electron chi connectivity index (χ0n) is 17.5. The number of nitrogens with zero attached hydrogens (tertiary/aromatic N) is 2. The molecule has 0 aliphatic heterocycles. The Morgan fingerprint density at radius 1 is 0.867 bits per heavy atom. The molecule has 0 unspecified atom stereocenters. The summed E-state index contributed by atoms with van der Waals surface area (Å²) in [5, 5.41) is 0. The Bertz CT molecular complexity index is 1070. The summed E-state index contributed by atoms with van der Waals surface area (Å²) in [5.41, 5.74) is 7.23. The number of aromatic nitrogens is 2. The second-order valence-electron chi connectivity index (χ2n) is 6.17. The molecule has 0 saturated heterocycles. The molecule has 30 heavy (non-hydrogen) atoms. The van der Waals surface area contributed by atoms with Gasteiger partial charge < -0.3 is 19.1 Å². The fourth-order valence-corrected chi connectivity index (χ4v) is 2.95. The van der Waals surface area contributed by atoms with Crippen molar-refractivity contribution in [2.24, 2.45) is 7.05 Å². The first-order chi connectivity index (χ1) is 12.7. The van der Waals surface area contributed by atoms with Crippen LogP contribution in [0.5, 0.6) is 0 Å². The SMILES string of the molecule is Cc1ccc(-c2[c-]c(-c3[c-]cccc3)[c-]cc2)[c-]c1-c1ccnc[n+]1C.[B].[CH3-].[Y+3].[Y]. The van der Waals surface area contributed by atoms with Crippen molar-refractivity contribution in [2.45, 2.75) is 6.92 Å². The molecule has 0 saturated carbocycles. The van der Waals surface area contributed by atoms with Gasteiger partial charge in [0.05, 0.1) is 12.7 Å². The second-order valence-corrected chi connectivity index (χ2v) is 6.17. The van der Waals surface area contributed by atoms with Crippen molar-refractivity contribution in [3.63, 3.8) is 0 Å². The molecule has 0 bridgehead atoms. The maximum atomic E-state index is 4.16. The minimum atomic E-state index is 0. The maximum absolute atomic E-state index is 4.16. The first-order valence-corrected chi connectivity index (χ1v) is 8.47. The fourth-order valence-electron chi connectivity index (χ4n) is 2.95. The quantitative estimate of drug-likeness (QED) is 0.214. The van der Waals surface area contributed by atoms with Crippen LogP contribution in [-0.2, 0) is 72.5 Å². The third-order valence-electron chi connectivity index (χ3n) is 4.35. The van der Waals surface area contributed by atoms with E-state index in [0.29, 0.717) is 0 Å². The van der Waals surface area contributed by atoms with Crippen LogP contribution in [0.15, 0.2) is 67.1 Å². The maximum Gasteiger partial charge on any atom is 3.00 e. The Labute approximate surface area is 232 Å². The van der Waals surface area contributed by atoms with E-state index >= 15 is 0 Å². The van der Waals surface area contributed by atoms with Crippen LogP contribution in [0.1, 0.15) is 5.56 Å². The van der Waals surface area contributed by atoms with Gasteiger partial charge in [0, 0.05) is 41.1 Å². The van der Waals surface area contributed by atoms with Crippen molar-refractivity contribution >= 4 is 8.41 Å². The summed E-state index contributed by atoms with van der Waals surface area (Å²) >= 11 is 0. The summed E-state index contributed by atoms with van der Waals surface area (Å²) < 4.78 is 2.01. The van der Waals surface area contributed by atoms with Gasteiger partial charge in [-0.05, 0) is 6.07 Å². The Morgan fingerprint density at radius 2 is 1.63 bits per heavy atom.